The van der Waals surface area contributed by atoms with E-state index in [1.807, 2.05) is 0 Å². The van der Waals surface area contributed by atoms with Crippen LogP contribution < -0.4 is 0 Å². The van der Waals surface area contributed by atoms with Crippen LogP contribution in [0.5, 0.6) is 0 Å². The summed E-state index contributed by atoms with van der Waals surface area (Å²) in [7, 11) is -1.93. The summed E-state index contributed by atoms with van der Waals surface area (Å²) in [5.41, 5.74) is 3.13. The molecule has 2 aliphatic carbocycles. The van der Waals surface area contributed by atoms with E-state index in [1.165, 1.54) is 5.57 Å². The fourth-order valence-electron chi connectivity index (χ4n) is 5.40. The Bertz CT molecular complexity index is 751. The van der Waals surface area contributed by atoms with Crippen LogP contribution in [0.15, 0.2) is 11.8 Å². The molecule has 0 bridgehead atoms. The smallest absolute Gasteiger partial charge is 0 e. The quantitative estimate of drug-likeness (QED) is 0.156. The van der Waals surface area contributed by atoms with Crippen LogP contribution in [0.1, 0.15) is 74.7 Å². The molecule has 218 valence electrons. The molecule has 0 N–H and O–H groups in total. The van der Waals surface area contributed by atoms with Gasteiger partial charge in [0.2, 0.25) is 0 Å². The first-order chi connectivity index (χ1) is 17.5. The third-order valence-corrected chi connectivity index (χ3v) is 12.4. The van der Waals surface area contributed by atoms with Gasteiger partial charge in [-0.15, -0.1) is 0 Å². The fourth-order valence-corrected chi connectivity index (χ4v) is 10.6. The van der Waals surface area contributed by atoms with E-state index < -0.39 is 8.32 Å². The molecule has 0 aromatic rings. The van der Waals surface area contributed by atoms with Crippen LogP contribution in [0.4, 0.5) is 0 Å². The summed E-state index contributed by atoms with van der Waals surface area (Å²) >= 11 is 0. The van der Waals surface area contributed by atoms with E-state index in [4.69, 9.17) is 32.3 Å². The van der Waals surface area contributed by atoms with E-state index in [1.54, 1.807) is 0 Å². The maximum absolute atomic E-state index is 12.4. The molecular weight excluding hydrogens is 610 g/mol. The van der Waals surface area contributed by atoms with Gasteiger partial charge in [-0.3, -0.25) is 4.79 Å². The van der Waals surface area contributed by atoms with Gasteiger partial charge in [0.1, 0.15) is 0 Å². The van der Waals surface area contributed by atoms with Gasteiger partial charge in [-0.25, -0.2) is 0 Å². The number of hydrogen-bond acceptors (Lipinski definition) is 2. The number of hydrogen-bond donors (Lipinski definition) is 0. The summed E-state index contributed by atoms with van der Waals surface area (Å²) in [6.45, 7) is 45.4. The van der Waals surface area contributed by atoms with Crippen molar-refractivity contribution < 1.29 is 70.7 Å². The molecule has 0 aliphatic heterocycles. The summed E-state index contributed by atoms with van der Waals surface area (Å²) in [6, 6.07) is 0. The number of rotatable bonds is 5. The number of allylic oxidation sites excluding steroid dienone is 3. The molecule has 0 unspecified atom stereocenters. The number of Topliss-reactive ketones (excluding diaryl/α,β-unsaturated/α-hetero) is 1. The Kier molecular flexibility index (Phi) is 43.0. The molecule has 0 saturated heterocycles. The second kappa shape index (κ2) is 31.2. The molecular formula is C28H36Co2O8Si. The van der Waals surface area contributed by atoms with Crippen molar-refractivity contribution in [2.24, 2.45) is 17.3 Å². The van der Waals surface area contributed by atoms with Gasteiger partial charge in [-0.05, 0) is 58.9 Å². The topological polar surface area (TPSA) is 146 Å². The first-order valence-electron chi connectivity index (χ1n) is 11.1. The zero-order valence-electron chi connectivity index (χ0n) is 23.5. The van der Waals surface area contributed by atoms with Crippen LogP contribution in [-0.4, -0.2) is 14.1 Å². The minimum absolute atomic E-state index is 0. The fraction of sp³-hybridized carbons (Fsp3) is 0.607. The summed E-state index contributed by atoms with van der Waals surface area (Å²) in [5.74, 6) is 0.496. The maximum Gasteiger partial charge on any atom is 0 e. The summed E-state index contributed by atoms with van der Waals surface area (Å²) in [4.78, 5) is 12.4. The Morgan fingerprint density at radius 1 is 0.769 bits per heavy atom. The standard InChI is InChI=1S/C22H36O2Si.6CO.2Co/c1-15(2)25(16(3)4,17(5)6)24-14-18-10-9-11-21(23)20-13-22(7,8)12-19(18)20;6*1-2;;/h14-17,19-20H,10,12-13H2,1-8H3;;;;;;;;/b18-14+;;;;;;;;/t19-,20-;;;;;;;;/m0......../s1. The molecule has 2 aliphatic rings. The summed E-state index contributed by atoms with van der Waals surface area (Å²) in [5, 5.41) is 0. The molecule has 11 heteroatoms. The van der Waals surface area contributed by atoms with E-state index in [-0.39, 0.29) is 50.7 Å². The van der Waals surface area contributed by atoms with Crippen LogP contribution in [0, 0.1) is 69.3 Å². The first-order valence-corrected chi connectivity index (χ1v) is 13.3. The predicted octanol–water partition coefficient (Wildman–Crippen LogP) is 6.02. The van der Waals surface area contributed by atoms with Gasteiger partial charge < -0.3 is 4.43 Å². The Morgan fingerprint density at radius 2 is 1.10 bits per heavy atom. The maximum atomic E-state index is 12.4. The molecule has 39 heavy (non-hydrogen) atoms. The summed E-state index contributed by atoms with van der Waals surface area (Å²) in [6.07, 6.45) is 10.7. The molecule has 1 fully saturated rings. The second-order valence-electron chi connectivity index (χ2n) is 9.76. The predicted molar refractivity (Wildman–Crippen MR) is 130 cm³/mol. The molecule has 1 saturated carbocycles. The molecule has 0 spiro atoms. The van der Waals surface area contributed by atoms with E-state index in [2.05, 4.69) is 114 Å². The SMILES string of the molecule is CC(C)[Si](O/C=C1\C[C]=[C]C(=O)[C@H]2CC(C)(C)C[C@@H]12)(C(C)C)C(C)C.[C-]#[O+].[C-]#[O+].[C-]#[O+].[C-]#[O+].[C-]#[O+].[C-]#[O+].[Co].[Co]. The van der Waals surface area contributed by atoms with Gasteiger partial charge in [-0.2, -0.15) is 0 Å². The number of ketones is 1. The number of carbonyl (C=O) groups is 1. The van der Waals surface area contributed by atoms with Gasteiger partial charge in [-0.1, -0.05) is 55.4 Å². The van der Waals surface area contributed by atoms with Crippen LogP contribution in [-0.2, 0) is 70.7 Å². The van der Waals surface area contributed by atoms with E-state index in [0.29, 0.717) is 29.0 Å². The Hall–Kier alpha value is -1.38. The van der Waals surface area contributed by atoms with Crippen molar-refractivity contribution in [1.29, 1.82) is 0 Å². The molecule has 2 rings (SSSR count). The molecule has 0 heterocycles. The minimum Gasteiger partial charge on any atom is 0 e. The van der Waals surface area contributed by atoms with Gasteiger partial charge in [0.15, 0.2) is 5.78 Å². The van der Waals surface area contributed by atoms with Crippen molar-refractivity contribution in [3.8, 4) is 0 Å². The van der Waals surface area contributed by atoms with Crippen LogP contribution in [0.2, 0.25) is 16.6 Å². The van der Waals surface area contributed by atoms with Crippen LogP contribution >= 0.6 is 0 Å². The van der Waals surface area contributed by atoms with Crippen LogP contribution in [0.3, 0.4) is 0 Å². The molecule has 4 radical (unpaired) electrons. The average Bonchev–Trinajstić information content (AvgIpc) is 3.18. The molecule has 8 nitrogen and oxygen atoms in total. The third kappa shape index (κ3) is 17.1. The summed E-state index contributed by atoms with van der Waals surface area (Å²) < 4.78 is 51.7. The normalized spacial score (nSPS) is 18.3. The van der Waals surface area contributed by atoms with Crippen molar-refractivity contribution >= 4 is 14.1 Å². The van der Waals surface area contributed by atoms with Crippen LogP contribution in [0.25, 0.3) is 0 Å². The van der Waals surface area contributed by atoms with Gasteiger partial charge in [0, 0.05) is 45.6 Å². The molecule has 0 amide bonds. The largest absolute Gasteiger partial charge is 0 e. The molecule has 0 aromatic carbocycles. The zero-order chi connectivity index (χ0) is 31.0. The molecule has 2 atom stereocenters. The third-order valence-electron chi connectivity index (χ3n) is 6.47. The number of carbonyl (C=O) groups excluding carboxylic acids is 1. The van der Waals surface area contributed by atoms with E-state index in [9.17, 15) is 4.79 Å². The minimum atomic E-state index is -1.93. The Balaban J connectivity index is -0.000000129. The van der Waals surface area contributed by atoms with Crippen molar-refractivity contribution in [3.05, 3.63) is 63.9 Å². The van der Waals surface area contributed by atoms with E-state index >= 15 is 0 Å². The van der Waals surface area contributed by atoms with Crippen molar-refractivity contribution in [2.75, 3.05) is 0 Å². The van der Waals surface area contributed by atoms with Crippen molar-refractivity contribution in [3.63, 3.8) is 0 Å². The number of fused-ring (bicyclic) bond motifs is 1. The molecule has 0 aromatic heterocycles. The van der Waals surface area contributed by atoms with Gasteiger partial charge >= 0.3 is 67.8 Å². The van der Waals surface area contributed by atoms with Crippen molar-refractivity contribution in [2.45, 2.75) is 91.3 Å². The van der Waals surface area contributed by atoms with Gasteiger partial charge in [0.25, 0.3) is 8.32 Å². The second-order valence-corrected chi connectivity index (χ2v) is 15.2. The zero-order valence-corrected chi connectivity index (χ0v) is 26.6. The van der Waals surface area contributed by atoms with Crippen molar-refractivity contribution in [1.82, 2.24) is 0 Å². The Morgan fingerprint density at radius 3 is 1.44 bits per heavy atom. The monoisotopic (exact) mass is 646 g/mol. The first kappa shape index (κ1) is 53.8. The van der Waals surface area contributed by atoms with E-state index in [0.717, 1.165) is 12.8 Å². The van der Waals surface area contributed by atoms with Gasteiger partial charge in [0.05, 0.1) is 6.26 Å². The average molecular weight is 647 g/mol. The Labute approximate surface area is 256 Å².